The van der Waals surface area contributed by atoms with Crippen LogP contribution < -0.4 is 16.0 Å². The fourth-order valence-corrected chi connectivity index (χ4v) is 1.51. The van der Waals surface area contributed by atoms with Gasteiger partial charge in [-0.2, -0.15) is 0 Å². The molecule has 0 spiro atoms. The fourth-order valence-electron chi connectivity index (χ4n) is 1.24. The van der Waals surface area contributed by atoms with Gasteiger partial charge in [0.05, 0.1) is 19.3 Å². The number of hydrogen-bond acceptors (Lipinski definition) is 4. The SMILES string of the molecule is C=CC(=O)NCCNC(=S)NC1COCOC1. The van der Waals surface area contributed by atoms with E-state index in [0.29, 0.717) is 38.2 Å². The predicted molar refractivity (Wildman–Crippen MR) is 67.5 cm³/mol. The van der Waals surface area contributed by atoms with Crippen LogP contribution in [0.25, 0.3) is 0 Å². The van der Waals surface area contributed by atoms with Gasteiger partial charge in [0.25, 0.3) is 0 Å². The van der Waals surface area contributed by atoms with Gasteiger partial charge in [0.15, 0.2) is 5.11 Å². The molecule has 1 heterocycles. The largest absolute Gasteiger partial charge is 0.361 e. The quantitative estimate of drug-likeness (QED) is 0.338. The first kappa shape index (κ1) is 13.9. The van der Waals surface area contributed by atoms with E-state index in [1.807, 2.05) is 0 Å². The fraction of sp³-hybridized carbons (Fsp3) is 0.600. The van der Waals surface area contributed by atoms with E-state index >= 15 is 0 Å². The lowest BCUT2D eigenvalue weighted by atomic mass is 10.3. The summed E-state index contributed by atoms with van der Waals surface area (Å²) in [5, 5.41) is 9.19. The summed E-state index contributed by atoms with van der Waals surface area (Å²) in [5.74, 6) is -0.195. The van der Waals surface area contributed by atoms with Crippen molar-refractivity contribution >= 4 is 23.2 Å². The molecule has 0 radical (unpaired) electrons. The highest BCUT2D eigenvalue weighted by atomic mass is 32.1. The molecule has 0 atom stereocenters. The van der Waals surface area contributed by atoms with Gasteiger partial charge in [-0.3, -0.25) is 4.79 Å². The number of carbonyl (C=O) groups is 1. The molecule has 0 aromatic carbocycles. The summed E-state index contributed by atoms with van der Waals surface area (Å²) in [6.45, 7) is 5.90. The number of amides is 1. The van der Waals surface area contributed by atoms with E-state index in [1.165, 1.54) is 6.08 Å². The molecule has 7 heteroatoms. The van der Waals surface area contributed by atoms with Crippen LogP contribution in [0, 0.1) is 0 Å². The van der Waals surface area contributed by atoms with Crippen molar-refractivity contribution in [2.24, 2.45) is 0 Å². The minimum absolute atomic E-state index is 0.0755. The molecule has 1 saturated heterocycles. The Hall–Kier alpha value is -1.18. The van der Waals surface area contributed by atoms with Crippen LogP contribution in [0.15, 0.2) is 12.7 Å². The van der Waals surface area contributed by atoms with Crippen LogP contribution in [0.5, 0.6) is 0 Å². The molecular formula is C10H17N3O3S. The molecular weight excluding hydrogens is 242 g/mol. The van der Waals surface area contributed by atoms with Gasteiger partial charge in [-0.25, -0.2) is 0 Å². The van der Waals surface area contributed by atoms with E-state index in [0.717, 1.165) is 0 Å². The van der Waals surface area contributed by atoms with E-state index in [9.17, 15) is 4.79 Å². The molecule has 0 aromatic rings. The molecule has 96 valence electrons. The molecule has 1 amide bonds. The Balaban J connectivity index is 2.04. The molecule has 3 N–H and O–H groups in total. The van der Waals surface area contributed by atoms with E-state index in [2.05, 4.69) is 22.5 Å². The van der Waals surface area contributed by atoms with Crippen molar-refractivity contribution in [3.05, 3.63) is 12.7 Å². The van der Waals surface area contributed by atoms with Crippen molar-refractivity contribution in [2.45, 2.75) is 6.04 Å². The first-order chi connectivity index (χ1) is 8.22. The van der Waals surface area contributed by atoms with Crippen LogP contribution in [0.3, 0.4) is 0 Å². The highest BCUT2D eigenvalue weighted by Crippen LogP contribution is 1.95. The summed E-state index contributed by atoms with van der Waals surface area (Å²) < 4.78 is 10.2. The molecule has 1 aliphatic heterocycles. The average Bonchev–Trinajstić information content (AvgIpc) is 2.35. The number of rotatable bonds is 5. The highest BCUT2D eigenvalue weighted by molar-refractivity contribution is 7.80. The van der Waals surface area contributed by atoms with Crippen molar-refractivity contribution in [3.8, 4) is 0 Å². The van der Waals surface area contributed by atoms with Crippen molar-refractivity contribution in [1.29, 1.82) is 0 Å². The molecule has 17 heavy (non-hydrogen) atoms. The zero-order valence-electron chi connectivity index (χ0n) is 9.53. The lowest BCUT2D eigenvalue weighted by Gasteiger charge is -2.24. The van der Waals surface area contributed by atoms with Gasteiger partial charge in [-0.05, 0) is 18.3 Å². The van der Waals surface area contributed by atoms with Gasteiger partial charge in [0.1, 0.15) is 6.79 Å². The average molecular weight is 259 g/mol. The second-order valence-electron chi connectivity index (χ2n) is 3.45. The van der Waals surface area contributed by atoms with Crippen molar-refractivity contribution in [3.63, 3.8) is 0 Å². The second kappa shape index (κ2) is 7.99. The smallest absolute Gasteiger partial charge is 0.243 e. The molecule has 1 rings (SSSR count). The Morgan fingerprint density at radius 2 is 2.00 bits per heavy atom. The molecule has 1 fully saturated rings. The molecule has 0 saturated carbocycles. The number of thiocarbonyl (C=S) groups is 1. The summed E-state index contributed by atoms with van der Waals surface area (Å²) in [6, 6.07) is 0.0755. The Bertz CT molecular complexity index is 280. The van der Waals surface area contributed by atoms with E-state index in [1.54, 1.807) is 0 Å². The zero-order chi connectivity index (χ0) is 12.5. The minimum atomic E-state index is -0.195. The van der Waals surface area contributed by atoms with Crippen molar-refractivity contribution in [2.75, 3.05) is 33.1 Å². The molecule has 1 aliphatic rings. The number of nitrogens with one attached hydrogen (secondary N) is 3. The lowest BCUT2D eigenvalue weighted by Crippen LogP contribution is -2.49. The van der Waals surface area contributed by atoms with Crippen LogP contribution in [-0.2, 0) is 14.3 Å². The van der Waals surface area contributed by atoms with E-state index in [-0.39, 0.29) is 11.9 Å². The molecule has 6 nitrogen and oxygen atoms in total. The van der Waals surface area contributed by atoms with Gasteiger partial charge in [-0.15, -0.1) is 0 Å². The van der Waals surface area contributed by atoms with Crippen molar-refractivity contribution < 1.29 is 14.3 Å². The van der Waals surface area contributed by atoms with Gasteiger partial charge < -0.3 is 25.4 Å². The maximum Gasteiger partial charge on any atom is 0.243 e. The second-order valence-corrected chi connectivity index (χ2v) is 3.86. The summed E-state index contributed by atoms with van der Waals surface area (Å²) in [7, 11) is 0. The third kappa shape index (κ3) is 6.20. The third-order valence-corrected chi connectivity index (χ3v) is 2.30. The van der Waals surface area contributed by atoms with E-state index in [4.69, 9.17) is 21.7 Å². The monoisotopic (exact) mass is 259 g/mol. The van der Waals surface area contributed by atoms with E-state index < -0.39 is 0 Å². The highest BCUT2D eigenvalue weighted by Gasteiger charge is 2.14. The summed E-state index contributed by atoms with van der Waals surface area (Å²) in [5.41, 5.74) is 0. The summed E-state index contributed by atoms with van der Waals surface area (Å²) in [6.07, 6.45) is 1.23. The Morgan fingerprint density at radius 3 is 2.65 bits per heavy atom. The third-order valence-electron chi connectivity index (χ3n) is 2.04. The van der Waals surface area contributed by atoms with Gasteiger partial charge in [0, 0.05) is 13.1 Å². The summed E-state index contributed by atoms with van der Waals surface area (Å²) in [4.78, 5) is 10.8. The molecule has 0 aliphatic carbocycles. The van der Waals surface area contributed by atoms with Crippen LogP contribution in [-0.4, -0.2) is 50.2 Å². The molecule has 0 aromatic heterocycles. The van der Waals surface area contributed by atoms with Crippen LogP contribution in [0.4, 0.5) is 0 Å². The normalized spacial score (nSPS) is 16.0. The Labute approximate surface area is 106 Å². The standard InChI is InChI=1S/C10H17N3O3S/c1-2-9(14)11-3-4-12-10(17)13-8-5-15-7-16-6-8/h2,8H,1,3-7H2,(H,11,14)(H2,12,13,17). The van der Waals surface area contributed by atoms with Crippen molar-refractivity contribution in [1.82, 2.24) is 16.0 Å². The van der Waals surface area contributed by atoms with Gasteiger partial charge in [-0.1, -0.05) is 6.58 Å². The topological polar surface area (TPSA) is 71.6 Å². The molecule has 0 unspecified atom stereocenters. The molecule has 0 bridgehead atoms. The van der Waals surface area contributed by atoms with Gasteiger partial charge in [0.2, 0.25) is 5.91 Å². The maximum absolute atomic E-state index is 10.8. The van der Waals surface area contributed by atoms with Crippen LogP contribution in [0.2, 0.25) is 0 Å². The number of carbonyl (C=O) groups excluding carboxylic acids is 1. The first-order valence-electron chi connectivity index (χ1n) is 5.32. The van der Waals surface area contributed by atoms with Crippen LogP contribution in [0.1, 0.15) is 0 Å². The minimum Gasteiger partial charge on any atom is -0.361 e. The predicted octanol–water partition coefficient (Wildman–Crippen LogP) is -0.874. The van der Waals surface area contributed by atoms with Gasteiger partial charge >= 0.3 is 0 Å². The van der Waals surface area contributed by atoms with Crippen LogP contribution >= 0.6 is 12.2 Å². The first-order valence-corrected chi connectivity index (χ1v) is 5.73. The Kier molecular flexibility index (Phi) is 6.53. The number of hydrogen-bond donors (Lipinski definition) is 3. The Morgan fingerprint density at radius 1 is 1.35 bits per heavy atom. The number of ether oxygens (including phenoxy) is 2. The summed E-state index contributed by atoms with van der Waals surface area (Å²) >= 11 is 5.08. The lowest BCUT2D eigenvalue weighted by molar-refractivity contribution is -0.116. The zero-order valence-corrected chi connectivity index (χ0v) is 10.3. The maximum atomic E-state index is 10.8.